The fourth-order valence-corrected chi connectivity index (χ4v) is 6.06. The van der Waals surface area contributed by atoms with Gasteiger partial charge in [0.25, 0.3) is 0 Å². The molecule has 0 aromatic rings. The van der Waals surface area contributed by atoms with Gasteiger partial charge in [-0.1, -0.05) is 25.5 Å². The minimum absolute atomic E-state index is 0.000313. The number of likely N-dealkylation sites (N-methyl/N-ethyl adjacent to an activating group) is 1. The molecule has 13 nitrogen and oxygen atoms in total. The maximum absolute atomic E-state index is 12.6. The Morgan fingerprint density at radius 1 is 1.11 bits per heavy atom. The molecule has 13 heteroatoms. The number of carbonyl (C=O) groups is 2. The van der Waals surface area contributed by atoms with Crippen LogP contribution in [0, 0.1) is 11.8 Å². The average molecular weight is 629 g/mol. The summed E-state index contributed by atoms with van der Waals surface area (Å²) < 4.78 is 35.0. The van der Waals surface area contributed by atoms with Crippen molar-refractivity contribution in [3.05, 3.63) is 11.6 Å². The number of allylic oxidation sites excluding steroid dienone is 1. The van der Waals surface area contributed by atoms with Gasteiger partial charge >= 0.3 is 6.09 Å². The van der Waals surface area contributed by atoms with E-state index in [-0.39, 0.29) is 60.3 Å². The van der Waals surface area contributed by atoms with Crippen LogP contribution in [0.5, 0.6) is 0 Å². The van der Waals surface area contributed by atoms with Gasteiger partial charge in [-0.05, 0) is 46.0 Å². The van der Waals surface area contributed by atoms with Gasteiger partial charge in [-0.15, -0.1) is 0 Å². The average Bonchev–Trinajstić information content (AvgIpc) is 3.88. The molecule has 2 amide bonds. The molecule has 4 unspecified atom stereocenters. The van der Waals surface area contributed by atoms with Crippen LogP contribution in [0.4, 0.5) is 4.79 Å². The maximum atomic E-state index is 12.6. The van der Waals surface area contributed by atoms with Crippen molar-refractivity contribution in [2.45, 2.75) is 89.4 Å². The molecule has 3 aliphatic rings. The van der Waals surface area contributed by atoms with Crippen LogP contribution >= 0.6 is 0 Å². The van der Waals surface area contributed by atoms with E-state index in [0.29, 0.717) is 52.5 Å². The van der Waals surface area contributed by atoms with Crippen LogP contribution in [0.15, 0.2) is 11.6 Å². The largest absolute Gasteiger partial charge is 0.443 e. The first-order valence-corrected chi connectivity index (χ1v) is 15.9. The van der Waals surface area contributed by atoms with E-state index < -0.39 is 12.2 Å². The molecular formula is C31H56N4O9. The molecule has 4 N–H and O–H groups in total. The van der Waals surface area contributed by atoms with Crippen LogP contribution in [0.2, 0.25) is 0 Å². The second kappa shape index (κ2) is 17.2. The number of aliphatic hydroxyl groups excluding tert-OH is 1. The summed E-state index contributed by atoms with van der Waals surface area (Å²) in [6, 6.07) is -0.104. The molecule has 3 rings (SSSR count). The SMILES string of the molecule is COC1C(OC(=O)NCCOCCOCCNC(=O)CN(C)N[C@H](CO)C(C)C)CC[C@]2(CO2)C1C1(C)O[C@@H]1CC=C(C)C. The zero-order valence-corrected chi connectivity index (χ0v) is 27.7. The fourth-order valence-electron chi connectivity index (χ4n) is 6.06. The van der Waals surface area contributed by atoms with Crippen molar-refractivity contribution in [3.8, 4) is 0 Å². The molecule has 44 heavy (non-hydrogen) atoms. The number of epoxide rings is 2. The zero-order valence-electron chi connectivity index (χ0n) is 27.7. The normalized spacial score (nSPS) is 29.9. The van der Waals surface area contributed by atoms with Crippen molar-refractivity contribution in [3.63, 3.8) is 0 Å². The van der Waals surface area contributed by atoms with E-state index in [4.69, 9.17) is 28.4 Å². The van der Waals surface area contributed by atoms with E-state index in [1.54, 1.807) is 19.2 Å². The molecule has 0 radical (unpaired) electrons. The lowest BCUT2D eigenvalue weighted by Gasteiger charge is -2.42. The Morgan fingerprint density at radius 3 is 2.34 bits per heavy atom. The van der Waals surface area contributed by atoms with Gasteiger partial charge in [-0.3, -0.25) is 4.79 Å². The van der Waals surface area contributed by atoms with Gasteiger partial charge in [0.15, 0.2) is 0 Å². The number of methoxy groups -OCH3 is 1. The summed E-state index contributed by atoms with van der Waals surface area (Å²) >= 11 is 0. The summed E-state index contributed by atoms with van der Waals surface area (Å²) in [5.74, 6) is 0.0805. The van der Waals surface area contributed by atoms with Crippen LogP contribution in [-0.2, 0) is 33.2 Å². The number of ether oxygens (including phenoxy) is 6. The fraction of sp³-hybridized carbons (Fsp3) is 0.871. The summed E-state index contributed by atoms with van der Waals surface area (Å²) in [4.78, 5) is 24.7. The Kier molecular flexibility index (Phi) is 14.3. The van der Waals surface area contributed by atoms with Crippen molar-refractivity contribution in [2.24, 2.45) is 11.8 Å². The molecule has 7 atom stereocenters. The van der Waals surface area contributed by atoms with Crippen LogP contribution in [0.25, 0.3) is 0 Å². The molecular weight excluding hydrogens is 572 g/mol. The predicted molar refractivity (Wildman–Crippen MR) is 164 cm³/mol. The Hall–Kier alpha value is -1.84. The summed E-state index contributed by atoms with van der Waals surface area (Å²) in [5.41, 5.74) is 3.73. The lowest BCUT2D eigenvalue weighted by molar-refractivity contribution is -0.123. The number of hydrazine groups is 1. The third-order valence-electron chi connectivity index (χ3n) is 8.72. The van der Waals surface area contributed by atoms with Crippen LogP contribution in [0.1, 0.15) is 53.9 Å². The monoisotopic (exact) mass is 628 g/mol. The molecule has 1 spiro atoms. The predicted octanol–water partition coefficient (Wildman–Crippen LogP) is 1.39. The van der Waals surface area contributed by atoms with Crippen LogP contribution in [0.3, 0.4) is 0 Å². The van der Waals surface area contributed by atoms with E-state index in [2.05, 4.69) is 42.9 Å². The number of nitrogens with one attached hydrogen (secondary N) is 3. The molecule has 254 valence electrons. The van der Waals surface area contributed by atoms with Gasteiger partial charge < -0.3 is 44.2 Å². The Bertz CT molecular complexity index is 943. The van der Waals surface area contributed by atoms with Gasteiger partial charge in [-0.2, -0.15) is 0 Å². The van der Waals surface area contributed by atoms with Gasteiger partial charge in [0.2, 0.25) is 5.91 Å². The van der Waals surface area contributed by atoms with Gasteiger partial charge in [0.05, 0.1) is 58.2 Å². The number of nitrogens with zero attached hydrogens (tertiary/aromatic N) is 1. The van der Waals surface area contributed by atoms with E-state index in [1.807, 2.05) is 13.8 Å². The number of hydrogen-bond donors (Lipinski definition) is 4. The summed E-state index contributed by atoms with van der Waals surface area (Å²) in [6.07, 6.45) is 3.39. The highest BCUT2D eigenvalue weighted by molar-refractivity contribution is 5.77. The number of amides is 2. The summed E-state index contributed by atoms with van der Waals surface area (Å²) in [6.45, 7) is 13.2. The number of aliphatic hydroxyl groups is 1. The Morgan fingerprint density at radius 2 is 1.77 bits per heavy atom. The standard InChI is InChI=1S/C31H56N4O9/c1-21(2)8-9-25-30(5,44-25)28-27(39-7)24(10-11-31(28)20-42-31)43-29(38)33-13-15-41-17-16-40-14-12-32-26(37)18-35(6)34-23(19-36)22(3)4/h8,22-25,27-28,34,36H,9-20H2,1-7H3,(H,32,37)(H,33,38)/t23-,24?,25-,27?,28?,30?,31+/m1/s1. The first-order chi connectivity index (χ1) is 21.0. The number of rotatable bonds is 20. The molecule has 2 aliphatic heterocycles. The van der Waals surface area contributed by atoms with Crippen molar-refractivity contribution in [1.29, 1.82) is 0 Å². The first-order valence-electron chi connectivity index (χ1n) is 15.9. The molecule has 0 aromatic carbocycles. The lowest BCUT2D eigenvalue weighted by atomic mass is 9.68. The van der Waals surface area contributed by atoms with E-state index >= 15 is 0 Å². The van der Waals surface area contributed by atoms with Crippen LogP contribution in [-0.4, -0.2) is 131 Å². The Balaban J connectivity index is 1.25. The maximum Gasteiger partial charge on any atom is 0.407 e. The molecule has 1 aliphatic carbocycles. The highest BCUT2D eigenvalue weighted by atomic mass is 16.6. The first kappa shape index (κ1) is 36.6. The minimum Gasteiger partial charge on any atom is -0.443 e. The van der Waals surface area contributed by atoms with Crippen molar-refractivity contribution in [2.75, 3.05) is 73.4 Å². The van der Waals surface area contributed by atoms with Crippen LogP contribution < -0.4 is 16.1 Å². The highest BCUT2D eigenvalue weighted by Gasteiger charge is 2.72. The highest BCUT2D eigenvalue weighted by Crippen LogP contribution is 2.59. The van der Waals surface area contributed by atoms with Crippen molar-refractivity contribution < 1.29 is 43.1 Å². The van der Waals surface area contributed by atoms with Gasteiger partial charge in [-0.25, -0.2) is 15.2 Å². The molecule has 2 saturated heterocycles. The zero-order chi connectivity index (χ0) is 32.3. The lowest BCUT2D eigenvalue weighted by Crippen LogP contribution is -2.56. The Labute approximate surface area is 262 Å². The summed E-state index contributed by atoms with van der Waals surface area (Å²) in [7, 11) is 3.42. The molecule has 0 bridgehead atoms. The molecule has 0 aromatic heterocycles. The van der Waals surface area contributed by atoms with E-state index in [1.165, 1.54) is 5.57 Å². The molecule has 1 saturated carbocycles. The van der Waals surface area contributed by atoms with Crippen molar-refractivity contribution in [1.82, 2.24) is 21.1 Å². The van der Waals surface area contributed by atoms with Gasteiger partial charge in [0, 0.05) is 33.3 Å². The van der Waals surface area contributed by atoms with Gasteiger partial charge in [0.1, 0.15) is 23.4 Å². The number of carbonyl (C=O) groups excluding carboxylic acids is 2. The second-order valence-corrected chi connectivity index (χ2v) is 12.8. The smallest absolute Gasteiger partial charge is 0.407 e. The topological polar surface area (TPSA) is 156 Å². The third-order valence-corrected chi connectivity index (χ3v) is 8.72. The minimum atomic E-state index is -0.501. The molecule has 3 fully saturated rings. The van der Waals surface area contributed by atoms with E-state index in [0.717, 1.165) is 12.8 Å². The third kappa shape index (κ3) is 10.6. The van der Waals surface area contributed by atoms with E-state index in [9.17, 15) is 14.7 Å². The summed E-state index contributed by atoms with van der Waals surface area (Å²) in [5, 5.41) is 16.6. The number of hydrogen-bond acceptors (Lipinski definition) is 11. The van der Waals surface area contributed by atoms with Crippen molar-refractivity contribution >= 4 is 12.0 Å². The second-order valence-electron chi connectivity index (χ2n) is 12.8. The number of alkyl carbamates (subject to hydrolysis) is 1. The molecule has 2 heterocycles. The quantitative estimate of drug-likeness (QED) is 0.0669.